The zero-order valence-corrected chi connectivity index (χ0v) is 12.5. The van der Waals surface area contributed by atoms with Gasteiger partial charge in [0.1, 0.15) is 0 Å². The van der Waals surface area contributed by atoms with Crippen molar-refractivity contribution in [3.8, 4) is 0 Å². The first kappa shape index (κ1) is 14.7. The number of thioether (sulfide) groups is 1. The molecule has 0 bridgehead atoms. The van der Waals surface area contributed by atoms with E-state index in [0.717, 1.165) is 23.1 Å². The third-order valence-corrected chi connectivity index (χ3v) is 4.88. The van der Waals surface area contributed by atoms with Crippen molar-refractivity contribution < 1.29 is 9.90 Å². The first-order valence-electron chi connectivity index (χ1n) is 6.38. The lowest BCUT2D eigenvalue weighted by Gasteiger charge is -2.39. The van der Waals surface area contributed by atoms with Crippen molar-refractivity contribution in [1.82, 2.24) is 4.90 Å². The molecule has 0 saturated carbocycles. The van der Waals surface area contributed by atoms with E-state index in [0.29, 0.717) is 0 Å². The van der Waals surface area contributed by atoms with Crippen LogP contribution in [0.15, 0.2) is 24.3 Å². The maximum Gasteiger partial charge on any atom is 0.304 e. The van der Waals surface area contributed by atoms with Crippen LogP contribution >= 0.6 is 23.4 Å². The van der Waals surface area contributed by atoms with Gasteiger partial charge in [0.05, 0.1) is 6.42 Å². The Labute approximate surface area is 122 Å². The molecule has 1 N–H and O–H groups in total. The predicted molar refractivity (Wildman–Crippen MR) is 79.9 cm³/mol. The van der Waals surface area contributed by atoms with E-state index in [2.05, 4.69) is 11.8 Å². The molecule has 0 radical (unpaired) electrons. The van der Waals surface area contributed by atoms with E-state index in [1.54, 1.807) is 0 Å². The average Bonchev–Trinajstić information content (AvgIpc) is 2.39. The van der Waals surface area contributed by atoms with Crippen molar-refractivity contribution in [2.24, 2.45) is 0 Å². The van der Waals surface area contributed by atoms with Gasteiger partial charge >= 0.3 is 5.97 Å². The van der Waals surface area contributed by atoms with Crippen LogP contribution < -0.4 is 0 Å². The number of benzene rings is 1. The van der Waals surface area contributed by atoms with Crippen LogP contribution in [-0.2, 0) is 4.79 Å². The minimum Gasteiger partial charge on any atom is -0.481 e. The van der Waals surface area contributed by atoms with Gasteiger partial charge in [-0.15, -0.1) is 0 Å². The Bertz CT molecular complexity index is 438. The smallest absolute Gasteiger partial charge is 0.304 e. The largest absolute Gasteiger partial charge is 0.481 e. The second kappa shape index (κ2) is 6.64. The fourth-order valence-corrected chi connectivity index (χ4v) is 3.70. The summed E-state index contributed by atoms with van der Waals surface area (Å²) in [5, 5.41) is 9.75. The van der Waals surface area contributed by atoms with Gasteiger partial charge in [0.15, 0.2) is 0 Å². The Morgan fingerprint density at radius 1 is 1.53 bits per heavy atom. The van der Waals surface area contributed by atoms with E-state index in [-0.39, 0.29) is 18.5 Å². The second-order valence-corrected chi connectivity index (χ2v) is 6.38. The minimum atomic E-state index is -0.721. The number of rotatable bonds is 4. The molecule has 19 heavy (non-hydrogen) atoms. The van der Waals surface area contributed by atoms with E-state index in [4.69, 9.17) is 16.7 Å². The van der Waals surface area contributed by atoms with E-state index in [9.17, 15) is 4.79 Å². The third kappa shape index (κ3) is 3.88. The number of carboxylic acid groups (broad SMARTS) is 1. The summed E-state index contributed by atoms with van der Waals surface area (Å²) >= 11 is 7.74. The number of carbonyl (C=O) groups is 1. The molecule has 0 aromatic heterocycles. The quantitative estimate of drug-likeness (QED) is 0.926. The van der Waals surface area contributed by atoms with Gasteiger partial charge < -0.3 is 5.11 Å². The SMILES string of the molecule is CC(c1ccc(Cl)cc1)N1CCSCC1CC(=O)O. The molecule has 2 rings (SSSR count). The maximum atomic E-state index is 11.0. The highest BCUT2D eigenvalue weighted by Gasteiger charge is 2.29. The summed E-state index contributed by atoms with van der Waals surface area (Å²) in [6.45, 7) is 3.07. The van der Waals surface area contributed by atoms with Crippen molar-refractivity contribution in [1.29, 1.82) is 0 Å². The van der Waals surface area contributed by atoms with Crippen LogP contribution in [0.25, 0.3) is 0 Å². The third-order valence-electron chi connectivity index (χ3n) is 3.53. The molecule has 1 aliphatic rings. The van der Waals surface area contributed by atoms with E-state index in [1.807, 2.05) is 36.0 Å². The topological polar surface area (TPSA) is 40.5 Å². The van der Waals surface area contributed by atoms with Crippen LogP contribution in [0.3, 0.4) is 0 Å². The molecule has 1 aromatic rings. The summed E-state index contributed by atoms with van der Waals surface area (Å²) in [5.41, 5.74) is 1.19. The van der Waals surface area contributed by atoms with Gasteiger partial charge in [-0.3, -0.25) is 9.69 Å². The lowest BCUT2D eigenvalue weighted by atomic mass is 10.0. The average molecular weight is 300 g/mol. The second-order valence-electron chi connectivity index (χ2n) is 4.79. The Kier molecular flexibility index (Phi) is 5.13. The number of hydrogen-bond acceptors (Lipinski definition) is 3. The van der Waals surface area contributed by atoms with Crippen LogP contribution in [0, 0.1) is 0 Å². The molecule has 0 spiro atoms. The van der Waals surface area contributed by atoms with Crippen LogP contribution in [-0.4, -0.2) is 40.1 Å². The molecular weight excluding hydrogens is 282 g/mol. The molecule has 1 aromatic carbocycles. The number of halogens is 1. The van der Waals surface area contributed by atoms with Gasteiger partial charge in [-0.25, -0.2) is 0 Å². The number of carboxylic acids is 1. The lowest BCUT2D eigenvalue weighted by Crippen LogP contribution is -2.44. The highest BCUT2D eigenvalue weighted by Crippen LogP contribution is 2.29. The molecule has 104 valence electrons. The summed E-state index contributed by atoms with van der Waals surface area (Å²) < 4.78 is 0. The number of aliphatic carboxylic acids is 1. The summed E-state index contributed by atoms with van der Waals surface area (Å²) in [5.74, 6) is 1.24. The van der Waals surface area contributed by atoms with Crippen LogP contribution in [0.2, 0.25) is 5.02 Å². The molecule has 0 aliphatic carbocycles. The summed E-state index contributed by atoms with van der Waals surface area (Å²) in [6, 6.07) is 8.15. The summed E-state index contributed by atoms with van der Waals surface area (Å²) in [7, 11) is 0. The molecule has 5 heteroatoms. The number of hydrogen-bond donors (Lipinski definition) is 1. The standard InChI is InChI=1S/C14H18ClNO2S/c1-10(11-2-4-12(15)5-3-11)16-6-7-19-9-13(16)8-14(17)18/h2-5,10,13H,6-9H2,1H3,(H,17,18). The van der Waals surface area contributed by atoms with Gasteiger partial charge in [0.25, 0.3) is 0 Å². The molecule has 2 unspecified atom stereocenters. The normalized spacial score (nSPS) is 22.1. The highest BCUT2D eigenvalue weighted by atomic mass is 35.5. The highest BCUT2D eigenvalue weighted by molar-refractivity contribution is 7.99. The van der Waals surface area contributed by atoms with Crippen LogP contribution in [0.1, 0.15) is 24.9 Å². The molecular formula is C14H18ClNO2S. The van der Waals surface area contributed by atoms with Crippen molar-refractivity contribution in [3.05, 3.63) is 34.9 Å². The van der Waals surface area contributed by atoms with Crippen molar-refractivity contribution in [2.75, 3.05) is 18.1 Å². The van der Waals surface area contributed by atoms with Crippen molar-refractivity contribution in [2.45, 2.75) is 25.4 Å². The molecule has 1 fully saturated rings. The molecule has 3 nitrogen and oxygen atoms in total. The van der Waals surface area contributed by atoms with Gasteiger partial charge in [0, 0.05) is 35.2 Å². The van der Waals surface area contributed by atoms with Crippen molar-refractivity contribution >= 4 is 29.3 Å². The molecule has 1 aliphatic heterocycles. The first-order chi connectivity index (χ1) is 9.08. The van der Waals surface area contributed by atoms with E-state index in [1.165, 1.54) is 5.56 Å². The lowest BCUT2D eigenvalue weighted by molar-refractivity contribution is -0.138. The Balaban J connectivity index is 2.12. The van der Waals surface area contributed by atoms with E-state index < -0.39 is 5.97 Å². The van der Waals surface area contributed by atoms with E-state index >= 15 is 0 Å². The zero-order valence-electron chi connectivity index (χ0n) is 10.9. The Morgan fingerprint density at radius 3 is 2.84 bits per heavy atom. The fourth-order valence-electron chi connectivity index (χ4n) is 2.49. The summed E-state index contributed by atoms with van der Waals surface area (Å²) in [6.07, 6.45) is 0.213. The molecule has 2 atom stereocenters. The van der Waals surface area contributed by atoms with Crippen LogP contribution in [0.4, 0.5) is 0 Å². The van der Waals surface area contributed by atoms with Crippen molar-refractivity contribution in [3.63, 3.8) is 0 Å². The maximum absolute atomic E-state index is 11.0. The molecule has 1 heterocycles. The predicted octanol–water partition coefficient (Wildman–Crippen LogP) is 3.29. The Hall–Kier alpha value is -0.710. The van der Waals surface area contributed by atoms with Crippen LogP contribution in [0.5, 0.6) is 0 Å². The molecule has 0 amide bonds. The Morgan fingerprint density at radius 2 is 2.21 bits per heavy atom. The monoisotopic (exact) mass is 299 g/mol. The fraction of sp³-hybridized carbons (Fsp3) is 0.500. The summed E-state index contributed by atoms with van der Waals surface area (Å²) in [4.78, 5) is 13.3. The number of nitrogens with zero attached hydrogens (tertiary/aromatic N) is 1. The minimum absolute atomic E-state index is 0.113. The first-order valence-corrected chi connectivity index (χ1v) is 7.92. The van der Waals surface area contributed by atoms with Gasteiger partial charge in [0.2, 0.25) is 0 Å². The van der Waals surface area contributed by atoms with Gasteiger partial charge in [-0.05, 0) is 24.6 Å². The zero-order chi connectivity index (χ0) is 13.8. The molecule has 1 saturated heterocycles. The van der Waals surface area contributed by atoms with Gasteiger partial charge in [-0.1, -0.05) is 23.7 Å². The van der Waals surface area contributed by atoms with Gasteiger partial charge in [-0.2, -0.15) is 11.8 Å².